The molecule has 0 saturated carbocycles. The van der Waals surface area contributed by atoms with E-state index in [-0.39, 0.29) is 29.6 Å². The molecule has 0 aliphatic rings. The lowest BCUT2D eigenvalue weighted by Gasteiger charge is -2.00. The Morgan fingerprint density at radius 2 is 1.87 bits per heavy atom. The van der Waals surface area contributed by atoms with Crippen LogP contribution >= 0.6 is 24.0 Å². The zero-order valence-electron chi connectivity index (χ0n) is 8.21. The summed E-state index contributed by atoms with van der Waals surface area (Å²) in [4.78, 5) is 4.11. The van der Waals surface area contributed by atoms with E-state index in [1.165, 1.54) is 4.68 Å². The van der Waals surface area contributed by atoms with Crippen molar-refractivity contribution < 1.29 is 0 Å². The summed E-state index contributed by atoms with van der Waals surface area (Å²) in [5.41, 5.74) is 1.87. The van der Waals surface area contributed by atoms with Gasteiger partial charge in [0, 0.05) is 12.6 Å². The van der Waals surface area contributed by atoms with Gasteiger partial charge in [0.15, 0.2) is 0 Å². The number of hydrogen-bond donors (Lipinski definition) is 1. The van der Waals surface area contributed by atoms with Crippen LogP contribution in [-0.4, -0.2) is 14.8 Å². The maximum atomic E-state index is 7.50. The average molecular weight is 314 g/mol. The Kier molecular flexibility index (Phi) is 3.96. The van der Waals surface area contributed by atoms with E-state index in [0.29, 0.717) is 0 Å². The Hall–Kier alpha value is -1.24. The van der Waals surface area contributed by atoms with Gasteiger partial charge >= 0.3 is 0 Å². The SMILES string of the molecule is Cn1ncc(-c2ccccc2)nc1=N.I. The Balaban J connectivity index is 0.00000112. The highest BCUT2D eigenvalue weighted by Gasteiger charge is 1.98. The highest BCUT2D eigenvalue weighted by molar-refractivity contribution is 14.0. The molecular formula is C10H11IN4. The minimum Gasteiger partial charge on any atom is -0.266 e. The molecule has 1 N–H and O–H groups in total. The minimum absolute atomic E-state index is 0. The van der Waals surface area contributed by atoms with Crippen LogP contribution in [0.1, 0.15) is 0 Å². The summed E-state index contributed by atoms with van der Waals surface area (Å²) >= 11 is 0. The molecule has 1 aromatic heterocycles. The third-order valence-corrected chi connectivity index (χ3v) is 1.96. The summed E-state index contributed by atoms with van der Waals surface area (Å²) in [6, 6.07) is 9.72. The fraction of sp³-hybridized carbons (Fsp3) is 0.100. The standard InChI is InChI=1S/C10H10N4.HI/c1-14-10(11)13-9(7-12-14)8-5-3-2-4-6-8;/h2-7,11H,1H3;1H. The first kappa shape index (κ1) is 11.8. The normalized spacial score (nSPS) is 9.40. The van der Waals surface area contributed by atoms with Crippen molar-refractivity contribution in [3.05, 3.63) is 42.1 Å². The van der Waals surface area contributed by atoms with Crippen molar-refractivity contribution in [3.63, 3.8) is 0 Å². The maximum Gasteiger partial charge on any atom is 0.238 e. The van der Waals surface area contributed by atoms with Crippen LogP contribution in [0.3, 0.4) is 0 Å². The van der Waals surface area contributed by atoms with E-state index in [1.807, 2.05) is 30.3 Å². The number of halogens is 1. The van der Waals surface area contributed by atoms with E-state index < -0.39 is 0 Å². The van der Waals surface area contributed by atoms with Gasteiger partial charge in [-0.05, 0) is 0 Å². The van der Waals surface area contributed by atoms with Crippen LogP contribution in [0, 0.1) is 5.41 Å². The number of nitrogens with zero attached hydrogens (tertiary/aromatic N) is 3. The molecule has 1 aromatic carbocycles. The summed E-state index contributed by atoms with van der Waals surface area (Å²) in [6.07, 6.45) is 1.66. The minimum atomic E-state index is 0. The molecular weight excluding hydrogens is 303 g/mol. The van der Waals surface area contributed by atoms with Crippen molar-refractivity contribution >= 4 is 24.0 Å². The highest BCUT2D eigenvalue weighted by Crippen LogP contribution is 2.12. The van der Waals surface area contributed by atoms with E-state index in [9.17, 15) is 0 Å². The van der Waals surface area contributed by atoms with Crippen LogP contribution in [0.2, 0.25) is 0 Å². The van der Waals surface area contributed by atoms with Gasteiger partial charge in [0.25, 0.3) is 0 Å². The molecule has 0 aliphatic carbocycles. The molecule has 15 heavy (non-hydrogen) atoms. The molecule has 0 spiro atoms. The van der Waals surface area contributed by atoms with Gasteiger partial charge in [0.05, 0.1) is 11.9 Å². The lowest BCUT2D eigenvalue weighted by atomic mass is 10.2. The van der Waals surface area contributed by atoms with Gasteiger partial charge in [-0.25, -0.2) is 9.67 Å². The molecule has 0 unspecified atom stereocenters. The van der Waals surface area contributed by atoms with Gasteiger partial charge in [-0.2, -0.15) is 5.10 Å². The molecule has 2 aromatic rings. The second kappa shape index (κ2) is 5.01. The van der Waals surface area contributed by atoms with Crippen molar-refractivity contribution in [2.75, 3.05) is 0 Å². The van der Waals surface area contributed by atoms with Crippen LogP contribution in [0.25, 0.3) is 11.3 Å². The molecule has 0 aliphatic heterocycles. The fourth-order valence-corrected chi connectivity index (χ4v) is 1.16. The summed E-state index contributed by atoms with van der Waals surface area (Å²) in [5, 5.41) is 11.5. The maximum absolute atomic E-state index is 7.50. The van der Waals surface area contributed by atoms with Crippen molar-refractivity contribution in [2.45, 2.75) is 0 Å². The molecule has 5 heteroatoms. The predicted octanol–water partition coefficient (Wildman–Crippen LogP) is 1.58. The number of hydrogen-bond acceptors (Lipinski definition) is 3. The molecule has 2 rings (SSSR count). The summed E-state index contributed by atoms with van der Waals surface area (Å²) < 4.78 is 1.42. The van der Waals surface area contributed by atoms with Gasteiger partial charge in [-0.3, -0.25) is 5.41 Å². The van der Waals surface area contributed by atoms with E-state index in [0.717, 1.165) is 11.3 Å². The van der Waals surface area contributed by atoms with Gasteiger partial charge in [0.2, 0.25) is 5.62 Å². The van der Waals surface area contributed by atoms with Gasteiger partial charge in [-0.15, -0.1) is 24.0 Å². The van der Waals surface area contributed by atoms with Crippen LogP contribution in [0.15, 0.2) is 36.5 Å². The summed E-state index contributed by atoms with van der Waals surface area (Å²) in [6.45, 7) is 0. The lowest BCUT2D eigenvalue weighted by molar-refractivity contribution is 0.647. The van der Waals surface area contributed by atoms with Gasteiger partial charge < -0.3 is 0 Å². The molecule has 0 saturated heterocycles. The smallest absolute Gasteiger partial charge is 0.238 e. The zero-order chi connectivity index (χ0) is 9.97. The van der Waals surface area contributed by atoms with Crippen LogP contribution in [0.4, 0.5) is 0 Å². The lowest BCUT2D eigenvalue weighted by Crippen LogP contribution is -2.22. The number of aryl methyl sites for hydroxylation is 1. The average Bonchev–Trinajstić information content (AvgIpc) is 2.23. The number of rotatable bonds is 1. The first-order valence-electron chi connectivity index (χ1n) is 4.28. The van der Waals surface area contributed by atoms with Crippen molar-refractivity contribution in [3.8, 4) is 11.3 Å². The molecule has 0 atom stereocenters. The molecule has 0 bridgehead atoms. The summed E-state index contributed by atoms with van der Waals surface area (Å²) in [5.74, 6) is 0. The Labute approximate surface area is 105 Å². The number of benzene rings is 1. The Bertz CT molecular complexity index is 492. The fourth-order valence-electron chi connectivity index (χ4n) is 1.16. The van der Waals surface area contributed by atoms with E-state index >= 15 is 0 Å². The quantitative estimate of drug-likeness (QED) is 0.813. The topological polar surface area (TPSA) is 54.6 Å². The van der Waals surface area contributed by atoms with Gasteiger partial charge in [0.1, 0.15) is 0 Å². The second-order valence-corrected chi connectivity index (χ2v) is 2.95. The first-order valence-corrected chi connectivity index (χ1v) is 4.28. The Morgan fingerprint density at radius 1 is 1.20 bits per heavy atom. The van der Waals surface area contributed by atoms with Crippen LogP contribution < -0.4 is 5.62 Å². The van der Waals surface area contributed by atoms with Gasteiger partial charge in [-0.1, -0.05) is 30.3 Å². The molecule has 0 radical (unpaired) electrons. The summed E-state index contributed by atoms with van der Waals surface area (Å²) in [7, 11) is 1.70. The van der Waals surface area contributed by atoms with E-state index in [2.05, 4.69) is 10.1 Å². The van der Waals surface area contributed by atoms with Crippen LogP contribution in [0.5, 0.6) is 0 Å². The molecule has 78 valence electrons. The van der Waals surface area contributed by atoms with Crippen molar-refractivity contribution in [1.29, 1.82) is 5.41 Å². The zero-order valence-corrected chi connectivity index (χ0v) is 10.5. The van der Waals surface area contributed by atoms with Crippen molar-refractivity contribution in [1.82, 2.24) is 14.8 Å². The Morgan fingerprint density at radius 3 is 2.47 bits per heavy atom. The third kappa shape index (κ3) is 2.62. The molecule has 1 heterocycles. The predicted molar refractivity (Wildman–Crippen MR) is 67.7 cm³/mol. The van der Waals surface area contributed by atoms with Crippen molar-refractivity contribution in [2.24, 2.45) is 7.05 Å². The molecule has 0 fully saturated rings. The van der Waals surface area contributed by atoms with Crippen LogP contribution in [-0.2, 0) is 7.05 Å². The number of nitrogens with one attached hydrogen (secondary N) is 1. The monoisotopic (exact) mass is 314 g/mol. The molecule has 4 nitrogen and oxygen atoms in total. The molecule has 0 amide bonds. The van der Waals surface area contributed by atoms with E-state index in [1.54, 1.807) is 13.2 Å². The highest BCUT2D eigenvalue weighted by atomic mass is 127. The second-order valence-electron chi connectivity index (χ2n) is 2.95. The number of aromatic nitrogens is 3. The van der Waals surface area contributed by atoms with E-state index in [4.69, 9.17) is 5.41 Å². The largest absolute Gasteiger partial charge is 0.266 e. The first-order chi connectivity index (χ1) is 6.77. The third-order valence-electron chi connectivity index (χ3n) is 1.96.